The van der Waals surface area contributed by atoms with Gasteiger partial charge in [0.1, 0.15) is 0 Å². The van der Waals surface area contributed by atoms with Crippen molar-refractivity contribution in [2.24, 2.45) is 11.8 Å². The number of rotatable bonds is 4. The molecule has 1 atom stereocenters. The van der Waals surface area contributed by atoms with Crippen LogP contribution in [-0.4, -0.2) is 6.43 Å². The second kappa shape index (κ2) is 4.64. The number of hydrogen-bond donors (Lipinski definition) is 0. The second-order valence-electron chi connectivity index (χ2n) is 3.19. The number of halogens is 2. The van der Waals surface area contributed by atoms with Crippen molar-refractivity contribution in [3.63, 3.8) is 0 Å². The molecule has 0 spiro atoms. The first-order chi connectivity index (χ1) is 4.54. The van der Waals surface area contributed by atoms with Crippen molar-refractivity contribution >= 4 is 0 Å². The standard InChI is InChI=1S/C8H16F2/c1-6(2)7(3)4-5-8(9)10/h6-8H,4-5H2,1-3H3. The first kappa shape index (κ1) is 9.86. The van der Waals surface area contributed by atoms with E-state index in [-0.39, 0.29) is 6.42 Å². The molecule has 1 unspecified atom stereocenters. The summed E-state index contributed by atoms with van der Waals surface area (Å²) < 4.78 is 23.3. The quantitative estimate of drug-likeness (QED) is 0.576. The fourth-order valence-electron chi connectivity index (χ4n) is 0.722. The van der Waals surface area contributed by atoms with Crippen molar-refractivity contribution in [3.05, 3.63) is 0 Å². The smallest absolute Gasteiger partial charge is 0.211 e. The van der Waals surface area contributed by atoms with Gasteiger partial charge in [-0.2, -0.15) is 0 Å². The van der Waals surface area contributed by atoms with E-state index >= 15 is 0 Å². The van der Waals surface area contributed by atoms with E-state index in [0.717, 1.165) is 0 Å². The van der Waals surface area contributed by atoms with Gasteiger partial charge in [-0.1, -0.05) is 20.8 Å². The number of hydrogen-bond acceptors (Lipinski definition) is 0. The van der Waals surface area contributed by atoms with Crippen LogP contribution in [0.25, 0.3) is 0 Å². The molecule has 0 heterocycles. The summed E-state index contributed by atoms with van der Waals surface area (Å²) in [7, 11) is 0. The van der Waals surface area contributed by atoms with Gasteiger partial charge in [0.2, 0.25) is 6.43 Å². The SMILES string of the molecule is CC(C)C(C)CCC(F)F. The average Bonchev–Trinajstić information content (AvgIpc) is 1.82. The molecule has 0 fully saturated rings. The van der Waals surface area contributed by atoms with Crippen LogP contribution in [0.4, 0.5) is 8.78 Å². The topological polar surface area (TPSA) is 0 Å². The van der Waals surface area contributed by atoms with Gasteiger partial charge in [-0.15, -0.1) is 0 Å². The predicted octanol–water partition coefficient (Wildman–Crippen LogP) is 3.32. The zero-order valence-electron chi connectivity index (χ0n) is 6.90. The first-order valence-electron chi connectivity index (χ1n) is 3.82. The molecule has 0 bridgehead atoms. The van der Waals surface area contributed by atoms with Crippen LogP contribution in [0, 0.1) is 11.8 Å². The van der Waals surface area contributed by atoms with Crippen LogP contribution in [0.5, 0.6) is 0 Å². The van der Waals surface area contributed by atoms with Crippen molar-refractivity contribution in [1.82, 2.24) is 0 Å². The highest BCUT2D eigenvalue weighted by Gasteiger charge is 2.10. The lowest BCUT2D eigenvalue weighted by atomic mass is 9.93. The third-order valence-electron chi connectivity index (χ3n) is 1.98. The van der Waals surface area contributed by atoms with E-state index in [2.05, 4.69) is 13.8 Å². The fraction of sp³-hybridized carbons (Fsp3) is 1.00. The molecule has 0 aromatic rings. The molecule has 0 aliphatic rings. The van der Waals surface area contributed by atoms with E-state index in [4.69, 9.17) is 0 Å². The second-order valence-corrected chi connectivity index (χ2v) is 3.19. The Morgan fingerprint density at radius 3 is 1.80 bits per heavy atom. The summed E-state index contributed by atoms with van der Waals surface area (Å²) in [6, 6.07) is 0. The molecule has 0 amide bonds. The van der Waals surface area contributed by atoms with Gasteiger partial charge >= 0.3 is 0 Å². The molecule has 0 aromatic carbocycles. The maximum absolute atomic E-state index is 11.7. The highest BCUT2D eigenvalue weighted by Crippen LogP contribution is 2.18. The third-order valence-corrected chi connectivity index (χ3v) is 1.98. The summed E-state index contributed by atoms with van der Waals surface area (Å²) in [6.45, 7) is 6.15. The molecule has 0 aromatic heterocycles. The van der Waals surface area contributed by atoms with E-state index in [1.807, 2.05) is 6.92 Å². The Kier molecular flexibility index (Phi) is 4.58. The highest BCUT2D eigenvalue weighted by atomic mass is 19.3. The molecule has 10 heavy (non-hydrogen) atoms. The molecule has 0 saturated carbocycles. The van der Waals surface area contributed by atoms with Crippen LogP contribution in [-0.2, 0) is 0 Å². The van der Waals surface area contributed by atoms with Crippen LogP contribution in [0.15, 0.2) is 0 Å². The lowest BCUT2D eigenvalue weighted by molar-refractivity contribution is 0.125. The minimum absolute atomic E-state index is 0.0549. The minimum atomic E-state index is -2.12. The molecular formula is C8H16F2. The van der Waals surface area contributed by atoms with Gasteiger partial charge < -0.3 is 0 Å². The Labute approximate surface area is 61.6 Å². The molecule has 0 nitrogen and oxygen atoms in total. The zero-order chi connectivity index (χ0) is 8.15. The van der Waals surface area contributed by atoms with Crippen LogP contribution >= 0.6 is 0 Å². The molecule has 2 heteroatoms. The molecule has 0 saturated heterocycles. The maximum Gasteiger partial charge on any atom is 0.238 e. The van der Waals surface area contributed by atoms with E-state index in [9.17, 15) is 8.78 Å². The van der Waals surface area contributed by atoms with Crippen molar-refractivity contribution in [2.45, 2.75) is 40.0 Å². The van der Waals surface area contributed by atoms with Crippen molar-refractivity contribution in [2.75, 3.05) is 0 Å². The fourth-order valence-corrected chi connectivity index (χ4v) is 0.722. The monoisotopic (exact) mass is 150 g/mol. The highest BCUT2D eigenvalue weighted by molar-refractivity contribution is 4.57. The Balaban J connectivity index is 3.30. The van der Waals surface area contributed by atoms with E-state index in [1.54, 1.807) is 0 Å². The van der Waals surface area contributed by atoms with Crippen molar-refractivity contribution in [1.29, 1.82) is 0 Å². The molecule has 0 aliphatic heterocycles. The molecule has 62 valence electrons. The summed E-state index contributed by atoms with van der Waals surface area (Å²) in [4.78, 5) is 0. The Hall–Kier alpha value is -0.140. The van der Waals surface area contributed by atoms with Crippen molar-refractivity contribution < 1.29 is 8.78 Å². The van der Waals surface area contributed by atoms with Gasteiger partial charge in [-0.3, -0.25) is 0 Å². The molecule has 0 aliphatic carbocycles. The minimum Gasteiger partial charge on any atom is -0.211 e. The van der Waals surface area contributed by atoms with Crippen LogP contribution in [0.1, 0.15) is 33.6 Å². The summed E-state index contributed by atoms with van der Waals surface area (Å²) in [5, 5.41) is 0. The lowest BCUT2D eigenvalue weighted by Crippen LogP contribution is -2.05. The summed E-state index contributed by atoms with van der Waals surface area (Å²) in [5.41, 5.74) is 0. The van der Waals surface area contributed by atoms with Crippen LogP contribution < -0.4 is 0 Å². The van der Waals surface area contributed by atoms with E-state index in [1.165, 1.54) is 0 Å². The molecule has 0 radical (unpaired) electrons. The first-order valence-corrected chi connectivity index (χ1v) is 3.82. The third kappa shape index (κ3) is 4.71. The average molecular weight is 150 g/mol. The van der Waals surface area contributed by atoms with Crippen molar-refractivity contribution in [3.8, 4) is 0 Å². The predicted molar refractivity (Wildman–Crippen MR) is 39.2 cm³/mol. The summed E-state index contributed by atoms with van der Waals surface area (Å²) >= 11 is 0. The van der Waals surface area contributed by atoms with Crippen LogP contribution in [0.2, 0.25) is 0 Å². The molecule has 0 rings (SSSR count). The van der Waals surface area contributed by atoms with Gasteiger partial charge in [0, 0.05) is 6.42 Å². The Bertz CT molecular complexity index is 79.3. The number of alkyl halides is 2. The molecule has 0 N–H and O–H groups in total. The van der Waals surface area contributed by atoms with Gasteiger partial charge in [0.15, 0.2) is 0 Å². The summed E-state index contributed by atoms with van der Waals surface area (Å²) in [5.74, 6) is 0.952. The van der Waals surface area contributed by atoms with Gasteiger partial charge in [0.25, 0.3) is 0 Å². The Morgan fingerprint density at radius 2 is 1.50 bits per heavy atom. The van der Waals surface area contributed by atoms with Gasteiger partial charge in [0.05, 0.1) is 0 Å². The van der Waals surface area contributed by atoms with E-state index < -0.39 is 6.43 Å². The van der Waals surface area contributed by atoms with Gasteiger partial charge in [-0.25, -0.2) is 8.78 Å². The molecular weight excluding hydrogens is 134 g/mol. The Morgan fingerprint density at radius 1 is 1.00 bits per heavy atom. The largest absolute Gasteiger partial charge is 0.238 e. The van der Waals surface area contributed by atoms with Gasteiger partial charge in [-0.05, 0) is 18.3 Å². The summed E-state index contributed by atoms with van der Waals surface area (Å²) in [6.07, 6.45) is -1.42. The zero-order valence-corrected chi connectivity index (χ0v) is 6.90. The van der Waals surface area contributed by atoms with E-state index in [0.29, 0.717) is 18.3 Å². The lowest BCUT2D eigenvalue weighted by Gasteiger charge is -2.14. The maximum atomic E-state index is 11.7. The normalized spacial score (nSPS) is 14.7. The van der Waals surface area contributed by atoms with Crippen LogP contribution in [0.3, 0.4) is 0 Å².